The first-order valence-electron chi connectivity index (χ1n) is 15.9. The molecule has 0 aromatic rings. The second kappa shape index (κ2) is 101. The van der Waals surface area contributed by atoms with Gasteiger partial charge in [-0.1, -0.05) is 170 Å². The molecule has 1 unspecified atom stereocenters. The zero-order chi connectivity index (χ0) is 33.5. The second-order valence-electron chi connectivity index (χ2n) is 7.68. The molecule has 0 heterocycles. The molecule has 0 heteroatoms. The van der Waals surface area contributed by atoms with Gasteiger partial charge in [-0.25, -0.2) is 0 Å². The minimum atomic E-state index is 0.565. The summed E-state index contributed by atoms with van der Waals surface area (Å²) in [6.07, 6.45) is 12.6. The molecule has 0 bridgehead atoms. The molecule has 0 saturated carbocycles. The third-order valence-corrected chi connectivity index (χ3v) is 4.22. The Balaban J connectivity index is -0.0000000244. The number of rotatable bonds is 5. The summed E-state index contributed by atoms with van der Waals surface area (Å²) in [5, 5.41) is 0. The monoisotopic (exact) mass is 533 g/mol. The summed E-state index contributed by atoms with van der Waals surface area (Å²) in [6.45, 7) is 56.2. The van der Waals surface area contributed by atoms with Gasteiger partial charge in [0.25, 0.3) is 0 Å². The van der Waals surface area contributed by atoms with Crippen molar-refractivity contribution in [2.24, 2.45) is 23.2 Å². The Labute approximate surface area is 246 Å². The molecule has 0 aromatic carbocycles. The Morgan fingerprint density at radius 3 is 0.919 bits per heavy atom. The van der Waals surface area contributed by atoms with E-state index < -0.39 is 0 Å². The topological polar surface area (TPSA) is 0 Å². The molecule has 0 aliphatic rings. The highest BCUT2D eigenvalue weighted by Crippen LogP contribution is 2.29. The fourth-order valence-corrected chi connectivity index (χ4v) is 1.23. The molecule has 0 spiro atoms. The first-order chi connectivity index (χ1) is 17.5. The van der Waals surface area contributed by atoms with E-state index in [-0.39, 0.29) is 0 Å². The first kappa shape index (κ1) is 70.6. The molecule has 0 saturated heterocycles. The molecule has 0 rings (SSSR count). The molecule has 236 valence electrons. The van der Waals surface area contributed by atoms with Gasteiger partial charge in [-0.2, -0.15) is 0 Å². The zero-order valence-corrected chi connectivity index (χ0v) is 32.0. The molecule has 1 atom stereocenters. The maximum Gasteiger partial charge on any atom is -0.00297 e. The van der Waals surface area contributed by atoms with Crippen LogP contribution in [0.3, 0.4) is 0 Å². The van der Waals surface area contributed by atoms with Crippen LogP contribution in [-0.4, -0.2) is 0 Å². The van der Waals surface area contributed by atoms with Gasteiger partial charge in [0.1, 0.15) is 0 Å². The lowest BCUT2D eigenvalue weighted by Crippen LogP contribution is -2.13. The minimum absolute atomic E-state index is 0.565. The summed E-state index contributed by atoms with van der Waals surface area (Å²) >= 11 is 0. The van der Waals surface area contributed by atoms with Crippen LogP contribution in [-0.2, 0) is 0 Å². The van der Waals surface area contributed by atoms with E-state index in [0.717, 1.165) is 17.8 Å². The third kappa shape index (κ3) is 194. The number of terminal acetylenes is 1. The van der Waals surface area contributed by atoms with E-state index in [0.29, 0.717) is 5.41 Å². The smallest absolute Gasteiger partial charge is 0.00297 e. The van der Waals surface area contributed by atoms with Crippen molar-refractivity contribution in [3.63, 3.8) is 0 Å². The van der Waals surface area contributed by atoms with E-state index in [2.05, 4.69) is 87.8 Å². The second-order valence-corrected chi connectivity index (χ2v) is 7.68. The summed E-state index contributed by atoms with van der Waals surface area (Å²) in [7, 11) is 0. The Morgan fingerprint density at radius 2 is 0.838 bits per heavy atom. The standard InChI is InChI=1S/C10H22.C6H14.C4H8.C3H4.6C2H6.C2H4/c1-6-9(3)8-10(4,5)7-2;1-5(2)6(3)4;1-3-4-2;1-3-2;7*1-2/h9H,6-8H2,1-5H3;5-6H,1-4H3;3-4H,1-2H3;1H,2H3;6*1-2H3;1-2H2/b;;4-3-;;;;;;;;. The Hall–Kier alpha value is -0.960. The van der Waals surface area contributed by atoms with Gasteiger partial charge in [0, 0.05) is 0 Å². The highest BCUT2D eigenvalue weighted by Gasteiger charge is 2.17. The highest BCUT2D eigenvalue weighted by molar-refractivity contribution is 4.73. The maximum atomic E-state index is 4.60. The van der Waals surface area contributed by atoms with Crippen LogP contribution in [0.4, 0.5) is 0 Å². The lowest BCUT2D eigenvalue weighted by molar-refractivity contribution is 0.263. The quantitative estimate of drug-likeness (QED) is 0.244. The van der Waals surface area contributed by atoms with E-state index >= 15 is 0 Å². The van der Waals surface area contributed by atoms with Crippen molar-refractivity contribution in [2.75, 3.05) is 0 Å². The third-order valence-electron chi connectivity index (χ3n) is 4.22. The van der Waals surface area contributed by atoms with Crippen molar-refractivity contribution < 1.29 is 0 Å². The van der Waals surface area contributed by atoms with Gasteiger partial charge in [0.15, 0.2) is 0 Å². The van der Waals surface area contributed by atoms with Crippen LogP contribution in [0.15, 0.2) is 25.3 Å². The molecule has 0 fully saturated rings. The SMILES string of the molecule is C#CC.C/C=C\C.C=C.CC.CC.CC.CC.CC.CC.CC(C)C(C)C.CCC(C)CC(C)(C)CC. The molecule has 0 aromatic heterocycles. The van der Waals surface area contributed by atoms with Crippen molar-refractivity contribution in [3.05, 3.63) is 25.3 Å². The van der Waals surface area contributed by atoms with Gasteiger partial charge in [-0.15, -0.1) is 25.5 Å². The van der Waals surface area contributed by atoms with Crippen LogP contribution in [0, 0.1) is 35.5 Å². The zero-order valence-electron chi connectivity index (χ0n) is 32.0. The van der Waals surface area contributed by atoms with Crippen molar-refractivity contribution in [1.29, 1.82) is 0 Å². The van der Waals surface area contributed by atoms with Gasteiger partial charge in [-0.05, 0) is 50.4 Å². The Bertz CT molecular complexity index is 263. The molecular formula is C37H88. The van der Waals surface area contributed by atoms with E-state index in [9.17, 15) is 0 Å². The average molecular weight is 533 g/mol. The molecule has 0 aliphatic carbocycles. The normalized spacial score (nSPS) is 8.24. The number of hydrogen-bond acceptors (Lipinski definition) is 0. The largest absolute Gasteiger partial charge is 0.120 e. The van der Waals surface area contributed by atoms with Crippen LogP contribution in [0.2, 0.25) is 0 Å². The fraction of sp³-hybridized carbons (Fsp3) is 0.838. The van der Waals surface area contributed by atoms with Crippen molar-refractivity contribution >= 4 is 0 Å². The van der Waals surface area contributed by atoms with Crippen molar-refractivity contribution in [2.45, 2.75) is 185 Å². The van der Waals surface area contributed by atoms with E-state index in [1.54, 1.807) is 6.92 Å². The molecule has 0 N–H and O–H groups in total. The van der Waals surface area contributed by atoms with E-state index in [1.165, 1.54) is 19.3 Å². The lowest BCUT2D eigenvalue weighted by atomic mass is 9.80. The molecule has 0 aliphatic heterocycles. The van der Waals surface area contributed by atoms with Gasteiger partial charge >= 0.3 is 0 Å². The molecule has 0 radical (unpaired) electrons. The molecule has 0 amide bonds. The first-order valence-corrected chi connectivity index (χ1v) is 15.9. The summed E-state index contributed by atoms with van der Waals surface area (Å²) in [6, 6.07) is 0. The lowest BCUT2D eigenvalue weighted by Gasteiger charge is -2.25. The molecular weight excluding hydrogens is 444 g/mol. The van der Waals surface area contributed by atoms with Crippen molar-refractivity contribution in [3.8, 4) is 12.3 Å². The summed E-state index contributed by atoms with van der Waals surface area (Å²) in [5.41, 5.74) is 0.565. The summed E-state index contributed by atoms with van der Waals surface area (Å²) in [5.74, 6) is 4.85. The molecule has 37 heavy (non-hydrogen) atoms. The number of hydrogen-bond donors (Lipinski definition) is 0. The van der Waals surface area contributed by atoms with Crippen LogP contribution < -0.4 is 0 Å². The van der Waals surface area contributed by atoms with Crippen LogP contribution in [0.5, 0.6) is 0 Å². The predicted octanol–water partition coefficient (Wildman–Crippen LogP) is 15.3. The highest BCUT2D eigenvalue weighted by atomic mass is 14.2. The van der Waals surface area contributed by atoms with Crippen LogP contribution in [0.1, 0.15) is 185 Å². The van der Waals surface area contributed by atoms with Gasteiger partial charge in [-0.3, -0.25) is 0 Å². The summed E-state index contributed by atoms with van der Waals surface area (Å²) in [4.78, 5) is 0. The molecule has 0 nitrogen and oxygen atoms in total. The van der Waals surface area contributed by atoms with Crippen LogP contribution >= 0.6 is 0 Å². The summed E-state index contributed by atoms with van der Waals surface area (Å²) < 4.78 is 0. The predicted molar refractivity (Wildman–Crippen MR) is 192 cm³/mol. The van der Waals surface area contributed by atoms with Gasteiger partial charge in [0.05, 0.1) is 0 Å². The average Bonchev–Trinajstić information content (AvgIpc) is 2.97. The number of allylic oxidation sites excluding steroid dienone is 2. The van der Waals surface area contributed by atoms with E-state index in [4.69, 9.17) is 0 Å². The Kier molecular flexibility index (Phi) is 193. The van der Waals surface area contributed by atoms with Gasteiger partial charge in [0.2, 0.25) is 0 Å². The van der Waals surface area contributed by atoms with Crippen LogP contribution in [0.25, 0.3) is 0 Å². The maximum absolute atomic E-state index is 4.60. The van der Waals surface area contributed by atoms with E-state index in [1.807, 2.05) is 109 Å². The minimum Gasteiger partial charge on any atom is -0.120 e. The van der Waals surface area contributed by atoms with Crippen molar-refractivity contribution in [1.82, 2.24) is 0 Å². The fourth-order valence-electron chi connectivity index (χ4n) is 1.23. The Morgan fingerprint density at radius 1 is 0.649 bits per heavy atom. The van der Waals surface area contributed by atoms with Gasteiger partial charge < -0.3 is 0 Å².